The van der Waals surface area contributed by atoms with Gasteiger partial charge in [-0.15, -0.1) is 0 Å². The largest absolute Gasteiger partial charge is 0.480 e. The molecular formula is C26H45N7O9. The molecule has 1 aliphatic heterocycles. The van der Waals surface area contributed by atoms with Gasteiger partial charge >= 0.3 is 5.97 Å². The van der Waals surface area contributed by atoms with Crippen LogP contribution >= 0.6 is 0 Å². The number of primary amides is 1. The monoisotopic (exact) mass is 599 g/mol. The number of aliphatic carboxylic acids is 1. The summed E-state index contributed by atoms with van der Waals surface area (Å²) in [6.45, 7) is 7.43. The Morgan fingerprint density at radius 3 is 1.90 bits per heavy atom. The van der Waals surface area contributed by atoms with E-state index >= 15 is 0 Å². The Hall–Kier alpha value is -3.79. The van der Waals surface area contributed by atoms with Crippen LogP contribution in [0, 0.1) is 11.8 Å². The molecular weight excluding hydrogens is 554 g/mol. The highest BCUT2D eigenvalue weighted by atomic mass is 16.4. The Morgan fingerprint density at radius 1 is 0.857 bits per heavy atom. The van der Waals surface area contributed by atoms with Crippen molar-refractivity contribution in [2.45, 2.75) is 96.6 Å². The molecule has 16 nitrogen and oxygen atoms in total. The van der Waals surface area contributed by atoms with E-state index in [2.05, 4.69) is 21.3 Å². The molecule has 1 aliphatic rings. The molecule has 1 heterocycles. The molecule has 6 amide bonds. The Labute approximate surface area is 244 Å². The Bertz CT molecular complexity index is 1020. The van der Waals surface area contributed by atoms with Crippen molar-refractivity contribution in [2.75, 3.05) is 13.2 Å². The molecule has 0 spiro atoms. The molecule has 42 heavy (non-hydrogen) atoms. The molecule has 16 heteroatoms. The average molecular weight is 600 g/mol. The van der Waals surface area contributed by atoms with Crippen molar-refractivity contribution in [2.24, 2.45) is 23.3 Å². The molecule has 238 valence electrons. The molecule has 0 aromatic carbocycles. The molecule has 0 aromatic heterocycles. The lowest BCUT2D eigenvalue weighted by Crippen LogP contribution is -2.60. The van der Waals surface area contributed by atoms with E-state index < -0.39 is 96.1 Å². The quantitative estimate of drug-likeness (QED) is 0.0886. The van der Waals surface area contributed by atoms with Crippen molar-refractivity contribution >= 4 is 41.4 Å². The Kier molecular flexibility index (Phi) is 14.3. The van der Waals surface area contributed by atoms with Crippen LogP contribution in [0.15, 0.2) is 0 Å². The minimum Gasteiger partial charge on any atom is -0.480 e. The molecule has 1 saturated heterocycles. The number of carbonyl (C=O) groups is 7. The number of carboxylic acid groups (broad SMARTS) is 1. The second kappa shape index (κ2) is 16.6. The summed E-state index contributed by atoms with van der Waals surface area (Å²) in [5, 5.41) is 28.0. The van der Waals surface area contributed by atoms with Gasteiger partial charge in [0.05, 0.1) is 12.6 Å². The normalized spacial score (nSPS) is 18.4. The SMILES string of the molecule is CC(C)[C@H](NC(=O)[C@H](C)NC(=O)[C@@H](NC(=O)[C@@H]1CCCN1C(=O)[C@@H](N)CCC(N)=O)C(C)C)C(=O)N[C@@H](CO)C(=O)O. The lowest BCUT2D eigenvalue weighted by atomic mass is 10.0. The molecule has 0 unspecified atom stereocenters. The van der Waals surface area contributed by atoms with Crippen LogP contribution in [-0.2, 0) is 33.6 Å². The number of rotatable bonds is 16. The first-order chi connectivity index (χ1) is 19.5. The first-order valence-electron chi connectivity index (χ1n) is 13.9. The lowest BCUT2D eigenvalue weighted by molar-refractivity contribution is -0.143. The van der Waals surface area contributed by atoms with Gasteiger partial charge in [-0.3, -0.25) is 28.8 Å². The van der Waals surface area contributed by atoms with E-state index in [0.717, 1.165) is 0 Å². The van der Waals surface area contributed by atoms with E-state index in [9.17, 15) is 33.6 Å². The van der Waals surface area contributed by atoms with Crippen LogP contribution in [0.25, 0.3) is 0 Å². The highest BCUT2D eigenvalue weighted by Crippen LogP contribution is 2.20. The van der Waals surface area contributed by atoms with Crippen LogP contribution in [0.2, 0.25) is 0 Å². The summed E-state index contributed by atoms with van der Waals surface area (Å²) in [5.41, 5.74) is 11.0. The predicted molar refractivity (Wildman–Crippen MR) is 149 cm³/mol. The van der Waals surface area contributed by atoms with Crippen LogP contribution in [0.1, 0.15) is 60.3 Å². The van der Waals surface area contributed by atoms with Crippen molar-refractivity contribution in [1.29, 1.82) is 0 Å². The molecule has 0 radical (unpaired) electrons. The summed E-state index contributed by atoms with van der Waals surface area (Å²) in [7, 11) is 0. The Balaban J connectivity index is 2.87. The van der Waals surface area contributed by atoms with E-state index in [-0.39, 0.29) is 19.4 Å². The zero-order chi connectivity index (χ0) is 32.3. The highest BCUT2D eigenvalue weighted by molar-refractivity contribution is 5.96. The smallest absolute Gasteiger partial charge is 0.328 e. The van der Waals surface area contributed by atoms with Crippen molar-refractivity contribution in [3.05, 3.63) is 0 Å². The summed E-state index contributed by atoms with van der Waals surface area (Å²) in [4.78, 5) is 88.0. The van der Waals surface area contributed by atoms with E-state index in [1.807, 2.05) is 0 Å². The maximum absolute atomic E-state index is 13.2. The second-order valence-corrected chi connectivity index (χ2v) is 11.1. The van der Waals surface area contributed by atoms with E-state index in [1.165, 1.54) is 11.8 Å². The number of likely N-dealkylation sites (tertiary alicyclic amines) is 1. The van der Waals surface area contributed by atoms with Gasteiger partial charge in [0.25, 0.3) is 0 Å². The number of aliphatic hydroxyl groups excluding tert-OH is 1. The zero-order valence-electron chi connectivity index (χ0n) is 24.7. The molecule has 0 bridgehead atoms. The zero-order valence-corrected chi connectivity index (χ0v) is 24.7. The van der Waals surface area contributed by atoms with Gasteiger partial charge in [-0.2, -0.15) is 0 Å². The maximum atomic E-state index is 13.2. The number of carbonyl (C=O) groups excluding carboxylic acids is 6. The molecule has 1 fully saturated rings. The summed E-state index contributed by atoms with van der Waals surface area (Å²) in [5.74, 6) is -6.22. The minimum absolute atomic E-state index is 0.0386. The van der Waals surface area contributed by atoms with Crippen LogP contribution in [0.3, 0.4) is 0 Å². The van der Waals surface area contributed by atoms with E-state index in [0.29, 0.717) is 12.8 Å². The third-order valence-electron chi connectivity index (χ3n) is 6.90. The summed E-state index contributed by atoms with van der Waals surface area (Å²) in [6, 6.07) is -6.81. The van der Waals surface area contributed by atoms with Crippen molar-refractivity contribution in [1.82, 2.24) is 26.2 Å². The fraction of sp³-hybridized carbons (Fsp3) is 0.731. The summed E-state index contributed by atoms with van der Waals surface area (Å²) < 4.78 is 0. The third kappa shape index (κ3) is 10.6. The number of nitrogens with two attached hydrogens (primary N) is 2. The van der Waals surface area contributed by atoms with E-state index in [4.69, 9.17) is 21.7 Å². The number of hydrogen-bond donors (Lipinski definition) is 8. The number of carboxylic acids is 1. The van der Waals surface area contributed by atoms with Gasteiger partial charge < -0.3 is 47.8 Å². The highest BCUT2D eigenvalue weighted by Gasteiger charge is 2.38. The van der Waals surface area contributed by atoms with Gasteiger partial charge in [-0.25, -0.2) is 4.79 Å². The van der Waals surface area contributed by atoms with Crippen molar-refractivity contribution in [3.63, 3.8) is 0 Å². The fourth-order valence-electron chi connectivity index (χ4n) is 4.35. The van der Waals surface area contributed by atoms with Crippen LogP contribution in [-0.4, -0.2) is 106 Å². The average Bonchev–Trinajstić information content (AvgIpc) is 3.40. The molecule has 0 aliphatic carbocycles. The number of aliphatic hydroxyl groups is 1. The Morgan fingerprint density at radius 2 is 1.40 bits per heavy atom. The molecule has 0 saturated carbocycles. The third-order valence-corrected chi connectivity index (χ3v) is 6.90. The molecule has 0 aromatic rings. The van der Waals surface area contributed by atoms with Gasteiger partial charge in [-0.1, -0.05) is 27.7 Å². The fourth-order valence-corrected chi connectivity index (χ4v) is 4.35. The predicted octanol–water partition coefficient (Wildman–Crippen LogP) is -3.08. The topological polar surface area (TPSA) is 263 Å². The maximum Gasteiger partial charge on any atom is 0.328 e. The second-order valence-electron chi connectivity index (χ2n) is 11.1. The number of nitrogens with zero attached hydrogens (tertiary/aromatic N) is 1. The van der Waals surface area contributed by atoms with E-state index in [1.54, 1.807) is 27.7 Å². The summed E-state index contributed by atoms with van der Waals surface area (Å²) in [6.07, 6.45) is 0.852. The van der Waals surface area contributed by atoms with Crippen molar-refractivity contribution in [3.8, 4) is 0 Å². The van der Waals surface area contributed by atoms with Crippen molar-refractivity contribution < 1.29 is 43.8 Å². The van der Waals surface area contributed by atoms with Crippen LogP contribution < -0.4 is 32.7 Å². The van der Waals surface area contributed by atoms with Crippen LogP contribution in [0.4, 0.5) is 0 Å². The molecule has 10 N–H and O–H groups in total. The van der Waals surface area contributed by atoms with Crippen LogP contribution in [0.5, 0.6) is 0 Å². The number of amides is 6. The number of nitrogens with one attached hydrogen (secondary N) is 4. The van der Waals surface area contributed by atoms with Gasteiger partial charge in [-0.05, 0) is 38.0 Å². The minimum atomic E-state index is -1.56. The van der Waals surface area contributed by atoms with Gasteiger partial charge in [0.1, 0.15) is 30.2 Å². The molecule has 6 atom stereocenters. The first kappa shape index (κ1) is 36.2. The number of hydrogen-bond acceptors (Lipinski definition) is 9. The van der Waals surface area contributed by atoms with Gasteiger partial charge in [0, 0.05) is 13.0 Å². The molecule has 1 rings (SSSR count). The standard InChI is InChI=1S/C26H45N7O9/c1-12(2)19(32-22(37)17-7-6-10-33(17)25(40)15(27)8-9-18(28)35)23(38)29-14(5)21(36)31-20(13(3)4)24(39)30-16(11-34)26(41)42/h12-17,19-20,34H,6-11,27H2,1-5H3,(H2,28,35)(H,29,38)(H,30,39)(H,31,36)(H,32,37)(H,41,42)/t14-,15-,16-,17-,19-,20-/m0/s1. The summed E-state index contributed by atoms with van der Waals surface area (Å²) >= 11 is 0. The van der Waals surface area contributed by atoms with Gasteiger partial charge in [0.2, 0.25) is 35.4 Å². The van der Waals surface area contributed by atoms with Gasteiger partial charge in [0.15, 0.2) is 0 Å². The first-order valence-corrected chi connectivity index (χ1v) is 13.9. The lowest BCUT2D eigenvalue weighted by Gasteiger charge is -2.30.